The van der Waals surface area contributed by atoms with E-state index in [1.165, 1.54) is 10.9 Å². The smallest absolute Gasteiger partial charge is 0.258 e. The Morgan fingerprint density at radius 1 is 1.29 bits per heavy atom. The molecule has 0 aliphatic heterocycles. The molecule has 0 spiro atoms. The Balaban J connectivity index is 1.82. The van der Waals surface area contributed by atoms with Gasteiger partial charge in [0.15, 0.2) is 17.1 Å². The monoisotopic (exact) mass is 327 g/mol. The largest absolute Gasteiger partial charge is 0.309 e. The first-order valence-electron chi connectivity index (χ1n) is 7.19. The molecule has 11 heteroatoms. The maximum atomic E-state index is 11.0. The zero-order chi connectivity index (χ0) is 17.0. The highest BCUT2D eigenvalue weighted by molar-refractivity contribution is 5.88. The van der Waals surface area contributed by atoms with Crippen LogP contribution in [0.25, 0.3) is 16.7 Å². The summed E-state index contributed by atoms with van der Waals surface area (Å²) in [6, 6.07) is -0.357. The van der Waals surface area contributed by atoms with Crippen LogP contribution in [0.3, 0.4) is 0 Å². The first kappa shape index (κ1) is 14.2. The predicted octanol–water partition coefficient (Wildman–Crippen LogP) is 1.03. The molecule has 0 aliphatic rings. The molecule has 0 radical (unpaired) electrons. The van der Waals surface area contributed by atoms with E-state index in [2.05, 4.69) is 25.3 Å². The normalized spacial score (nSPS) is 13.0. The number of hydrogen-bond donors (Lipinski definition) is 0. The van der Waals surface area contributed by atoms with Gasteiger partial charge in [0.2, 0.25) is 0 Å². The summed E-state index contributed by atoms with van der Waals surface area (Å²) < 4.78 is 4.73. The second-order valence-corrected chi connectivity index (χ2v) is 5.50. The fourth-order valence-corrected chi connectivity index (χ4v) is 2.60. The molecule has 4 aromatic heterocycles. The van der Waals surface area contributed by atoms with Crippen molar-refractivity contribution in [1.29, 1.82) is 0 Å². The number of nitro groups is 1. The molecule has 4 rings (SSSR count). The van der Waals surface area contributed by atoms with E-state index in [0.29, 0.717) is 22.8 Å². The number of rotatable bonds is 3. The lowest BCUT2D eigenvalue weighted by molar-refractivity contribution is -0.385. The van der Waals surface area contributed by atoms with Crippen molar-refractivity contribution >= 4 is 22.4 Å². The molecule has 0 aliphatic carbocycles. The van der Waals surface area contributed by atoms with E-state index in [0.717, 1.165) is 5.39 Å². The predicted molar refractivity (Wildman–Crippen MR) is 82.5 cm³/mol. The van der Waals surface area contributed by atoms with Crippen molar-refractivity contribution in [1.82, 2.24) is 39.1 Å². The molecular formula is C13H13N9O2. The first-order chi connectivity index (χ1) is 11.5. The van der Waals surface area contributed by atoms with Gasteiger partial charge in [-0.25, -0.2) is 14.5 Å². The number of aryl methyl sites for hydroxylation is 2. The van der Waals surface area contributed by atoms with Crippen LogP contribution in [-0.2, 0) is 7.05 Å². The van der Waals surface area contributed by atoms with Gasteiger partial charge in [0.25, 0.3) is 0 Å². The Morgan fingerprint density at radius 2 is 2.08 bits per heavy atom. The standard InChI is InChI=1S/C13H13N9O2/c1-7-10(22(23)24)5-20(17-7)8(2)11-16-13-9-4-15-19(3)12(9)14-6-21(13)18-11/h4-6,8H,1-3H3/t8-/m0/s1. The van der Waals surface area contributed by atoms with Crippen LogP contribution < -0.4 is 0 Å². The number of fused-ring (bicyclic) bond motifs is 3. The van der Waals surface area contributed by atoms with Crippen LogP contribution in [0.4, 0.5) is 5.69 Å². The summed E-state index contributed by atoms with van der Waals surface area (Å²) in [5, 5.41) is 24.5. The maximum absolute atomic E-state index is 11.0. The molecule has 0 unspecified atom stereocenters. The second-order valence-electron chi connectivity index (χ2n) is 5.50. The molecule has 24 heavy (non-hydrogen) atoms. The van der Waals surface area contributed by atoms with Crippen LogP contribution in [0.15, 0.2) is 18.7 Å². The summed E-state index contributed by atoms with van der Waals surface area (Å²) in [4.78, 5) is 19.4. The van der Waals surface area contributed by atoms with Gasteiger partial charge in [-0.2, -0.15) is 10.2 Å². The molecule has 0 amide bonds. The van der Waals surface area contributed by atoms with Crippen LogP contribution in [-0.4, -0.2) is 44.1 Å². The summed E-state index contributed by atoms with van der Waals surface area (Å²) in [6.07, 6.45) is 4.65. The van der Waals surface area contributed by atoms with Gasteiger partial charge in [0.1, 0.15) is 24.3 Å². The third-order valence-corrected chi connectivity index (χ3v) is 3.94. The van der Waals surface area contributed by atoms with Crippen LogP contribution in [0.2, 0.25) is 0 Å². The summed E-state index contributed by atoms with van der Waals surface area (Å²) in [6.45, 7) is 3.43. The van der Waals surface area contributed by atoms with E-state index in [4.69, 9.17) is 0 Å². The van der Waals surface area contributed by atoms with Crippen LogP contribution in [0, 0.1) is 17.0 Å². The zero-order valence-electron chi connectivity index (χ0n) is 13.2. The highest BCUT2D eigenvalue weighted by Gasteiger charge is 2.22. The summed E-state index contributed by atoms with van der Waals surface area (Å²) in [5.74, 6) is 0.491. The molecule has 1 atom stereocenters. The number of aromatic nitrogens is 8. The van der Waals surface area contributed by atoms with Gasteiger partial charge in [-0.3, -0.25) is 19.5 Å². The van der Waals surface area contributed by atoms with Crippen LogP contribution in [0.5, 0.6) is 0 Å². The van der Waals surface area contributed by atoms with E-state index in [1.807, 2.05) is 6.92 Å². The fraction of sp³-hybridized carbons (Fsp3) is 0.308. The average Bonchev–Trinajstić information content (AvgIpc) is 3.22. The minimum absolute atomic E-state index is 0.0260. The minimum atomic E-state index is -0.453. The molecule has 122 valence electrons. The molecule has 0 aromatic carbocycles. The topological polar surface area (TPSA) is 122 Å². The van der Waals surface area contributed by atoms with E-state index in [9.17, 15) is 10.1 Å². The third kappa shape index (κ3) is 1.94. The van der Waals surface area contributed by atoms with Crippen LogP contribution >= 0.6 is 0 Å². The van der Waals surface area contributed by atoms with Crippen LogP contribution in [0.1, 0.15) is 24.5 Å². The lowest BCUT2D eigenvalue weighted by atomic mass is 10.3. The molecular weight excluding hydrogens is 314 g/mol. The molecule has 0 fully saturated rings. The van der Waals surface area contributed by atoms with Gasteiger partial charge in [-0.05, 0) is 13.8 Å². The Bertz CT molecular complexity index is 1090. The summed E-state index contributed by atoms with van der Waals surface area (Å²) in [7, 11) is 1.80. The van der Waals surface area contributed by atoms with Crippen molar-refractivity contribution in [3.63, 3.8) is 0 Å². The van der Waals surface area contributed by atoms with Crippen molar-refractivity contribution in [2.45, 2.75) is 19.9 Å². The van der Waals surface area contributed by atoms with E-state index in [1.54, 1.807) is 35.7 Å². The van der Waals surface area contributed by atoms with Gasteiger partial charge >= 0.3 is 5.69 Å². The molecule has 4 aromatic rings. The van der Waals surface area contributed by atoms with Crippen molar-refractivity contribution < 1.29 is 4.92 Å². The van der Waals surface area contributed by atoms with Gasteiger partial charge in [-0.1, -0.05) is 0 Å². The Labute approximate surface area is 134 Å². The van der Waals surface area contributed by atoms with E-state index < -0.39 is 4.92 Å². The quantitative estimate of drug-likeness (QED) is 0.407. The SMILES string of the molecule is Cc1nn([C@@H](C)c2nc3c4cnn(C)c4ncn3n2)cc1[N+](=O)[O-]. The Kier molecular flexibility index (Phi) is 2.85. The average molecular weight is 327 g/mol. The first-order valence-corrected chi connectivity index (χ1v) is 7.19. The number of nitrogens with zero attached hydrogens (tertiary/aromatic N) is 9. The third-order valence-electron chi connectivity index (χ3n) is 3.94. The summed E-state index contributed by atoms with van der Waals surface area (Å²) >= 11 is 0. The zero-order valence-corrected chi connectivity index (χ0v) is 13.2. The molecule has 0 bridgehead atoms. The Hall–Kier alpha value is -3.37. The van der Waals surface area contributed by atoms with Crippen molar-refractivity contribution in [2.75, 3.05) is 0 Å². The Morgan fingerprint density at radius 3 is 2.79 bits per heavy atom. The maximum Gasteiger partial charge on any atom is 0.309 e. The molecule has 4 heterocycles. The van der Waals surface area contributed by atoms with Gasteiger partial charge in [0, 0.05) is 7.05 Å². The van der Waals surface area contributed by atoms with Crippen molar-refractivity contribution in [3.8, 4) is 0 Å². The number of hydrogen-bond acceptors (Lipinski definition) is 7. The van der Waals surface area contributed by atoms with Gasteiger partial charge in [0.05, 0.1) is 16.5 Å². The van der Waals surface area contributed by atoms with Crippen molar-refractivity contribution in [3.05, 3.63) is 40.4 Å². The molecule has 0 saturated heterocycles. The molecule has 11 nitrogen and oxygen atoms in total. The van der Waals surface area contributed by atoms with E-state index >= 15 is 0 Å². The minimum Gasteiger partial charge on any atom is -0.258 e. The second kappa shape index (κ2) is 4.81. The summed E-state index contributed by atoms with van der Waals surface area (Å²) in [5.41, 5.74) is 1.67. The highest BCUT2D eigenvalue weighted by Crippen LogP contribution is 2.22. The lowest BCUT2D eigenvalue weighted by Crippen LogP contribution is -2.09. The van der Waals surface area contributed by atoms with E-state index in [-0.39, 0.29) is 11.7 Å². The van der Waals surface area contributed by atoms with Gasteiger partial charge in [-0.15, -0.1) is 5.10 Å². The highest BCUT2D eigenvalue weighted by atomic mass is 16.6. The van der Waals surface area contributed by atoms with Gasteiger partial charge < -0.3 is 0 Å². The molecule has 0 saturated carbocycles. The van der Waals surface area contributed by atoms with Crippen molar-refractivity contribution in [2.24, 2.45) is 7.05 Å². The lowest BCUT2D eigenvalue weighted by Gasteiger charge is -2.06. The molecule has 0 N–H and O–H groups in total. The fourth-order valence-electron chi connectivity index (χ4n) is 2.60.